The summed E-state index contributed by atoms with van der Waals surface area (Å²) in [5.74, 6) is -0.942. The van der Waals surface area contributed by atoms with E-state index in [9.17, 15) is 19.2 Å². The van der Waals surface area contributed by atoms with Crippen LogP contribution in [0.15, 0.2) is 42.0 Å². The second kappa shape index (κ2) is 22.2. The summed E-state index contributed by atoms with van der Waals surface area (Å²) in [6, 6.07) is 8.22. The number of nitrogens with one attached hydrogen (secondary N) is 1. The maximum absolute atomic E-state index is 14.1. The number of rotatable bonds is 20. The summed E-state index contributed by atoms with van der Waals surface area (Å²) in [7, 11) is 1.76. The minimum Gasteiger partial charge on any atom is -0.456 e. The molecule has 0 spiro atoms. The number of ether oxygens (including phenoxy) is 1. The summed E-state index contributed by atoms with van der Waals surface area (Å²) in [5, 5.41) is 3.12. The average molecular weight is 737 g/mol. The van der Waals surface area contributed by atoms with Crippen molar-refractivity contribution in [1.29, 1.82) is 0 Å². The van der Waals surface area contributed by atoms with Crippen LogP contribution in [0.3, 0.4) is 0 Å². The lowest BCUT2D eigenvalue weighted by Crippen LogP contribution is -2.58. The van der Waals surface area contributed by atoms with Crippen LogP contribution in [0.25, 0.3) is 0 Å². The zero-order chi connectivity index (χ0) is 39.1. The van der Waals surface area contributed by atoms with Gasteiger partial charge in [-0.1, -0.05) is 116 Å². The topological polar surface area (TPSA) is 99.3 Å². The van der Waals surface area contributed by atoms with Gasteiger partial charge in [0.05, 0.1) is 12.1 Å². The van der Waals surface area contributed by atoms with Gasteiger partial charge in [-0.3, -0.25) is 19.3 Å². The number of carbonyl (C=O) groups is 4. The molecule has 0 radical (unpaired) electrons. The predicted molar refractivity (Wildman–Crippen MR) is 214 cm³/mol. The molecule has 3 amide bonds. The minimum absolute atomic E-state index is 0.00241. The Kier molecular flexibility index (Phi) is 18.5. The van der Waals surface area contributed by atoms with Crippen LogP contribution in [0.1, 0.15) is 151 Å². The van der Waals surface area contributed by atoms with Crippen LogP contribution in [-0.4, -0.2) is 88.7 Å². The first kappa shape index (κ1) is 44.2. The molecule has 9 heteroatoms. The van der Waals surface area contributed by atoms with Crippen LogP contribution in [0, 0.1) is 11.8 Å². The molecule has 2 aliphatic heterocycles. The highest BCUT2D eigenvalue weighted by Gasteiger charge is 2.39. The van der Waals surface area contributed by atoms with Crippen molar-refractivity contribution in [3.63, 3.8) is 0 Å². The number of benzene rings is 1. The van der Waals surface area contributed by atoms with E-state index in [4.69, 9.17) is 4.74 Å². The summed E-state index contributed by atoms with van der Waals surface area (Å²) in [6.07, 6.45) is 14.7. The summed E-state index contributed by atoms with van der Waals surface area (Å²) < 4.78 is 6.22. The van der Waals surface area contributed by atoms with Gasteiger partial charge in [0.25, 0.3) is 0 Å². The zero-order valence-corrected chi connectivity index (χ0v) is 34.6. The molecular formula is C44H72N4O5. The molecule has 0 unspecified atom stereocenters. The normalized spacial score (nSPS) is 20.1. The quantitative estimate of drug-likeness (QED) is 0.0823. The fraction of sp³-hybridized carbons (Fsp3) is 0.727. The second-order valence-electron chi connectivity index (χ2n) is 16.5. The fourth-order valence-electron chi connectivity index (χ4n) is 8.01. The molecule has 0 aliphatic carbocycles. The number of nitrogens with zero attached hydrogens (tertiary/aromatic N) is 3. The fourth-order valence-corrected chi connectivity index (χ4v) is 8.01. The first-order valence-electron chi connectivity index (χ1n) is 20.9. The lowest BCUT2D eigenvalue weighted by Gasteiger charge is -2.39. The Morgan fingerprint density at radius 1 is 0.849 bits per heavy atom. The summed E-state index contributed by atoms with van der Waals surface area (Å²) in [5.41, 5.74) is 1.48. The largest absolute Gasteiger partial charge is 0.456 e. The molecule has 1 N–H and O–H groups in total. The van der Waals surface area contributed by atoms with Crippen LogP contribution in [0.4, 0.5) is 0 Å². The van der Waals surface area contributed by atoms with Gasteiger partial charge in [-0.05, 0) is 83.2 Å². The van der Waals surface area contributed by atoms with Crippen molar-refractivity contribution in [1.82, 2.24) is 20.0 Å². The van der Waals surface area contributed by atoms with Gasteiger partial charge in [0.2, 0.25) is 17.7 Å². The van der Waals surface area contributed by atoms with Crippen molar-refractivity contribution < 1.29 is 23.9 Å². The van der Waals surface area contributed by atoms with Crippen LogP contribution in [-0.2, 0) is 23.9 Å². The van der Waals surface area contributed by atoms with Gasteiger partial charge in [-0.25, -0.2) is 4.79 Å². The zero-order valence-electron chi connectivity index (χ0n) is 34.6. The number of unbranched alkanes of at least 4 members (excludes halogenated alkanes) is 6. The molecule has 2 saturated heterocycles. The highest BCUT2D eigenvalue weighted by molar-refractivity contribution is 5.96. The van der Waals surface area contributed by atoms with E-state index in [2.05, 4.69) is 31.0 Å². The predicted octanol–water partition coefficient (Wildman–Crippen LogP) is 8.24. The summed E-state index contributed by atoms with van der Waals surface area (Å²) >= 11 is 0. The van der Waals surface area contributed by atoms with E-state index in [0.717, 1.165) is 57.1 Å². The van der Waals surface area contributed by atoms with Crippen LogP contribution < -0.4 is 5.32 Å². The average Bonchev–Trinajstić information content (AvgIpc) is 3.64. The van der Waals surface area contributed by atoms with Crippen molar-refractivity contribution in [2.45, 2.75) is 175 Å². The molecule has 0 aromatic heterocycles. The molecule has 1 aromatic rings. The van der Waals surface area contributed by atoms with E-state index in [0.29, 0.717) is 18.5 Å². The Morgan fingerprint density at radius 2 is 1.49 bits per heavy atom. The van der Waals surface area contributed by atoms with Crippen molar-refractivity contribution in [2.24, 2.45) is 11.8 Å². The number of likely N-dealkylation sites (tertiary alicyclic amines) is 2. The number of esters is 1. The van der Waals surface area contributed by atoms with Gasteiger partial charge in [-0.2, -0.15) is 0 Å². The Morgan fingerprint density at radius 3 is 2.11 bits per heavy atom. The number of amides is 3. The number of piperidine rings is 1. The number of hydrogen-bond acceptors (Lipinski definition) is 6. The number of hydrogen-bond donors (Lipinski definition) is 1. The lowest BCUT2D eigenvalue weighted by molar-refractivity contribution is -0.158. The van der Waals surface area contributed by atoms with Crippen molar-refractivity contribution in [3.05, 3.63) is 47.5 Å². The second-order valence-corrected chi connectivity index (χ2v) is 16.5. The van der Waals surface area contributed by atoms with Crippen LogP contribution in [0.5, 0.6) is 0 Å². The molecule has 3 rings (SSSR count). The van der Waals surface area contributed by atoms with E-state index in [-0.39, 0.29) is 59.8 Å². The maximum atomic E-state index is 14.1. The molecule has 0 saturated carbocycles. The van der Waals surface area contributed by atoms with E-state index >= 15 is 0 Å². The molecule has 298 valence electrons. The smallest absolute Gasteiger partial charge is 0.329 e. The van der Waals surface area contributed by atoms with E-state index in [1.54, 1.807) is 23.8 Å². The van der Waals surface area contributed by atoms with Crippen molar-refractivity contribution >= 4 is 23.7 Å². The summed E-state index contributed by atoms with van der Waals surface area (Å²) in [6.45, 7) is 17.5. The minimum atomic E-state index is -0.689. The van der Waals surface area contributed by atoms with Crippen LogP contribution >= 0.6 is 0 Å². The molecule has 0 bridgehead atoms. The van der Waals surface area contributed by atoms with E-state index < -0.39 is 12.1 Å². The van der Waals surface area contributed by atoms with Gasteiger partial charge in [0.15, 0.2) is 0 Å². The first-order valence-corrected chi connectivity index (χ1v) is 20.9. The molecule has 5 atom stereocenters. The van der Waals surface area contributed by atoms with Gasteiger partial charge in [0, 0.05) is 25.2 Å². The molecular weight excluding hydrogens is 665 g/mol. The number of likely N-dealkylation sites (N-methyl/N-ethyl adjacent to an activating group) is 1. The Hall–Kier alpha value is -3.20. The first-order chi connectivity index (χ1) is 25.3. The van der Waals surface area contributed by atoms with E-state index in [1.807, 2.05) is 64.1 Å². The van der Waals surface area contributed by atoms with Crippen LogP contribution in [0.2, 0.25) is 0 Å². The third-order valence-corrected chi connectivity index (χ3v) is 11.3. The Bertz CT molecular complexity index is 1330. The van der Waals surface area contributed by atoms with Crippen molar-refractivity contribution in [2.75, 3.05) is 20.1 Å². The Balaban J connectivity index is 1.70. The Labute approximate surface area is 321 Å². The molecule has 2 heterocycles. The lowest BCUT2D eigenvalue weighted by atomic mass is 9.95. The van der Waals surface area contributed by atoms with Gasteiger partial charge in [-0.15, -0.1) is 0 Å². The monoisotopic (exact) mass is 737 g/mol. The van der Waals surface area contributed by atoms with E-state index in [1.165, 1.54) is 32.1 Å². The van der Waals surface area contributed by atoms with Gasteiger partial charge < -0.3 is 19.9 Å². The third-order valence-electron chi connectivity index (χ3n) is 11.3. The third kappa shape index (κ3) is 13.0. The highest BCUT2D eigenvalue weighted by atomic mass is 16.5. The number of carbonyl (C=O) groups excluding carboxylic acids is 4. The molecule has 53 heavy (non-hydrogen) atoms. The molecule has 2 aliphatic rings. The molecule has 1 aromatic carbocycles. The van der Waals surface area contributed by atoms with Crippen molar-refractivity contribution in [3.8, 4) is 0 Å². The highest BCUT2D eigenvalue weighted by Crippen LogP contribution is 2.29. The maximum Gasteiger partial charge on any atom is 0.329 e. The molecule has 9 nitrogen and oxygen atoms in total. The van der Waals surface area contributed by atoms with Gasteiger partial charge >= 0.3 is 5.97 Å². The SMILES string of the molecule is CCCCCCCCC[C@@H](OC(=O)[C@@H]1CCCN1C(=O)C(C)=C[C@H](C(C)C)N(C)C(=O)[C@@H](NC(=O)[C@H]1CCCCN1C(C)C)C(C)C)c1ccccc1. The molecule has 2 fully saturated rings. The standard InChI is InChI=1S/C44H72N4O5/c1-10-11-12-13-14-15-19-27-39(35-23-17-16-18-24-35)53-44(52)37-26-22-29-48(37)42(50)34(8)30-38(31(2)3)46(9)43(51)40(32(4)5)45-41(49)36-25-20-21-28-47(36)33(6)7/h16-18,23-24,30-33,36-40H,10-15,19-22,25-29H2,1-9H3,(H,45,49)/t36-,37+,38-,39-,40+/m1/s1. The van der Waals surface area contributed by atoms with Gasteiger partial charge in [0.1, 0.15) is 18.2 Å². The summed E-state index contributed by atoms with van der Waals surface area (Å²) in [4.78, 5) is 61.1.